The minimum absolute atomic E-state index is 0.0559. The van der Waals surface area contributed by atoms with Gasteiger partial charge in [0.25, 0.3) is 0 Å². The molecule has 3 aromatic carbocycles. The smallest absolute Gasteiger partial charge is 0.406 e. The van der Waals surface area contributed by atoms with Crippen LogP contribution in [-0.4, -0.2) is 23.4 Å². The number of alkyl halides is 3. The fraction of sp³-hybridized carbons (Fsp3) is 0.214. The summed E-state index contributed by atoms with van der Waals surface area (Å²) < 4.78 is 43.7. The average molecular weight is 560 g/mol. The van der Waals surface area contributed by atoms with E-state index in [-0.39, 0.29) is 11.7 Å². The number of nitrogens with zero attached hydrogens (tertiary/aromatic N) is 2. The Morgan fingerprint density at radius 1 is 0.974 bits per heavy atom. The maximum atomic E-state index is 12.6. The van der Waals surface area contributed by atoms with Gasteiger partial charge < -0.3 is 14.6 Å². The number of hydrogen-bond donors (Lipinski definition) is 1. The summed E-state index contributed by atoms with van der Waals surface area (Å²) in [7, 11) is 0. The zero-order valence-corrected chi connectivity index (χ0v) is 21.8. The number of carbonyl (C=O) groups is 1. The van der Waals surface area contributed by atoms with Gasteiger partial charge >= 0.3 is 6.36 Å². The van der Waals surface area contributed by atoms with Crippen molar-refractivity contribution in [3.63, 3.8) is 0 Å². The Balaban J connectivity index is 1.48. The molecular formula is C28H25ClF3N3O2S. The van der Waals surface area contributed by atoms with Gasteiger partial charge in [0, 0.05) is 23.5 Å². The summed E-state index contributed by atoms with van der Waals surface area (Å²) in [6.45, 7) is 1.48. The quantitative estimate of drug-likeness (QED) is 0.222. The summed E-state index contributed by atoms with van der Waals surface area (Å²) in [6, 6.07) is 22.7. The highest BCUT2D eigenvalue weighted by Gasteiger charge is 2.31. The second kappa shape index (κ2) is 12.8. The molecule has 10 heteroatoms. The summed E-state index contributed by atoms with van der Waals surface area (Å²) in [6.07, 6.45) is -3.79. The van der Waals surface area contributed by atoms with Crippen molar-refractivity contribution in [3.05, 3.63) is 105 Å². The van der Waals surface area contributed by atoms with E-state index in [1.807, 2.05) is 64.5 Å². The van der Waals surface area contributed by atoms with Crippen molar-refractivity contribution in [3.8, 4) is 17.0 Å². The summed E-state index contributed by atoms with van der Waals surface area (Å²) >= 11 is 7.42. The normalized spacial score (nSPS) is 11.9. The summed E-state index contributed by atoms with van der Waals surface area (Å²) in [4.78, 5) is 17.8. The predicted molar refractivity (Wildman–Crippen MR) is 143 cm³/mol. The van der Waals surface area contributed by atoms with Gasteiger partial charge in [-0.15, -0.1) is 24.5 Å². The van der Waals surface area contributed by atoms with Crippen molar-refractivity contribution in [1.82, 2.24) is 9.88 Å². The van der Waals surface area contributed by atoms with E-state index in [1.165, 1.54) is 23.5 Å². The Morgan fingerprint density at radius 2 is 1.68 bits per heavy atom. The van der Waals surface area contributed by atoms with E-state index in [2.05, 4.69) is 10.1 Å². The Morgan fingerprint density at radius 3 is 2.37 bits per heavy atom. The lowest BCUT2D eigenvalue weighted by Gasteiger charge is -2.12. The first-order valence-electron chi connectivity index (χ1n) is 11.9. The SMILES string of the molecule is O=C(Cc1ccccc1)NCCCn1c(-c2ccc(OC(F)(F)F)cc2)csc1=NCc1ccc(Cl)cc1. The highest BCUT2D eigenvalue weighted by molar-refractivity contribution is 7.07. The summed E-state index contributed by atoms with van der Waals surface area (Å²) in [5.41, 5.74) is 3.49. The molecule has 38 heavy (non-hydrogen) atoms. The first-order chi connectivity index (χ1) is 18.3. The predicted octanol–water partition coefficient (Wildman–Crippen LogP) is 6.62. The number of thiazole rings is 1. The molecule has 0 aliphatic carbocycles. The molecule has 0 aliphatic heterocycles. The van der Waals surface area contributed by atoms with Crippen LogP contribution in [-0.2, 0) is 24.3 Å². The van der Waals surface area contributed by atoms with Crippen molar-refractivity contribution < 1.29 is 22.7 Å². The van der Waals surface area contributed by atoms with Crippen molar-refractivity contribution in [2.45, 2.75) is 32.3 Å². The van der Waals surface area contributed by atoms with Crippen LogP contribution in [0.5, 0.6) is 5.75 Å². The molecule has 5 nitrogen and oxygen atoms in total. The Labute approximate surface area is 227 Å². The number of amides is 1. The molecule has 0 spiro atoms. The second-order valence-electron chi connectivity index (χ2n) is 8.44. The third-order valence-corrected chi connectivity index (χ3v) is 6.73. The van der Waals surface area contributed by atoms with Gasteiger partial charge in [-0.1, -0.05) is 54.1 Å². The molecule has 4 aromatic rings. The minimum Gasteiger partial charge on any atom is -0.406 e. The molecule has 1 N–H and O–H groups in total. The van der Waals surface area contributed by atoms with E-state index in [4.69, 9.17) is 16.6 Å². The first-order valence-corrected chi connectivity index (χ1v) is 13.1. The maximum absolute atomic E-state index is 12.6. The van der Waals surface area contributed by atoms with Crippen LogP contribution in [0.2, 0.25) is 5.02 Å². The number of ether oxygens (including phenoxy) is 1. The fourth-order valence-corrected chi connectivity index (χ4v) is 4.85. The molecule has 0 atom stereocenters. The zero-order valence-electron chi connectivity index (χ0n) is 20.2. The number of carbonyl (C=O) groups excluding carboxylic acids is 1. The monoisotopic (exact) mass is 559 g/mol. The maximum Gasteiger partial charge on any atom is 0.573 e. The number of benzene rings is 3. The highest BCUT2D eigenvalue weighted by Crippen LogP contribution is 2.27. The van der Waals surface area contributed by atoms with Gasteiger partial charge in [-0.25, -0.2) is 0 Å². The van der Waals surface area contributed by atoms with E-state index >= 15 is 0 Å². The van der Waals surface area contributed by atoms with Gasteiger partial charge in [0.1, 0.15) is 5.75 Å². The highest BCUT2D eigenvalue weighted by atomic mass is 35.5. The van der Waals surface area contributed by atoms with Crippen LogP contribution in [0.4, 0.5) is 13.2 Å². The topological polar surface area (TPSA) is 55.6 Å². The van der Waals surface area contributed by atoms with E-state index in [0.29, 0.717) is 37.5 Å². The molecule has 1 aromatic heterocycles. The molecule has 0 unspecified atom stereocenters. The summed E-state index contributed by atoms with van der Waals surface area (Å²) in [5.74, 6) is -0.337. The standard InChI is InChI=1S/C28H25ClF3N3O2S/c29-23-11-7-21(8-12-23)18-34-27-35(16-4-15-33-26(36)17-20-5-2-1-3-6-20)25(19-38-27)22-9-13-24(14-10-22)37-28(30,31)32/h1-3,5-14,19H,4,15-18H2,(H,33,36). The largest absolute Gasteiger partial charge is 0.573 e. The number of nitrogens with one attached hydrogen (secondary N) is 1. The Bertz CT molecular complexity index is 1400. The third kappa shape index (κ3) is 8.22. The van der Waals surface area contributed by atoms with E-state index in [1.54, 1.807) is 12.1 Å². The Hall–Kier alpha value is -3.56. The molecule has 1 amide bonds. The zero-order chi connectivity index (χ0) is 27.0. The summed E-state index contributed by atoms with van der Waals surface area (Å²) in [5, 5.41) is 5.52. The van der Waals surface area contributed by atoms with Gasteiger partial charge in [0.15, 0.2) is 4.80 Å². The molecule has 0 bridgehead atoms. The van der Waals surface area contributed by atoms with Crippen LogP contribution in [0.15, 0.2) is 89.2 Å². The minimum atomic E-state index is -4.75. The number of hydrogen-bond acceptors (Lipinski definition) is 4. The van der Waals surface area contributed by atoms with Gasteiger partial charge in [-0.05, 0) is 59.5 Å². The Kier molecular flexibility index (Phi) is 9.25. The number of halogens is 4. The second-order valence-corrected chi connectivity index (χ2v) is 9.71. The van der Waals surface area contributed by atoms with Crippen LogP contribution >= 0.6 is 22.9 Å². The van der Waals surface area contributed by atoms with Gasteiger partial charge in [0.05, 0.1) is 18.7 Å². The molecule has 4 rings (SSSR count). The van der Waals surface area contributed by atoms with E-state index < -0.39 is 6.36 Å². The molecule has 0 saturated carbocycles. The average Bonchev–Trinajstić information content (AvgIpc) is 3.29. The van der Waals surface area contributed by atoms with Crippen molar-refractivity contribution in [2.75, 3.05) is 6.54 Å². The molecule has 0 aliphatic rings. The first kappa shape index (κ1) is 27.5. The van der Waals surface area contributed by atoms with E-state index in [0.717, 1.165) is 27.2 Å². The van der Waals surface area contributed by atoms with Gasteiger partial charge in [-0.3, -0.25) is 9.79 Å². The van der Waals surface area contributed by atoms with Crippen LogP contribution in [0, 0.1) is 0 Å². The van der Waals surface area contributed by atoms with Gasteiger partial charge in [0.2, 0.25) is 5.91 Å². The lowest BCUT2D eigenvalue weighted by Crippen LogP contribution is -2.27. The molecule has 0 radical (unpaired) electrons. The van der Waals surface area contributed by atoms with Crippen LogP contribution in [0.25, 0.3) is 11.3 Å². The molecule has 1 heterocycles. The molecule has 0 fully saturated rings. The van der Waals surface area contributed by atoms with Crippen molar-refractivity contribution in [2.24, 2.45) is 4.99 Å². The van der Waals surface area contributed by atoms with E-state index in [9.17, 15) is 18.0 Å². The van der Waals surface area contributed by atoms with Crippen LogP contribution in [0.1, 0.15) is 17.5 Å². The van der Waals surface area contributed by atoms with Crippen LogP contribution < -0.4 is 14.9 Å². The van der Waals surface area contributed by atoms with Gasteiger partial charge in [-0.2, -0.15) is 0 Å². The number of rotatable bonds is 10. The van der Waals surface area contributed by atoms with Crippen molar-refractivity contribution in [1.29, 1.82) is 0 Å². The fourth-order valence-electron chi connectivity index (χ4n) is 3.79. The molecular weight excluding hydrogens is 535 g/mol. The lowest BCUT2D eigenvalue weighted by atomic mass is 10.1. The number of aromatic nitrogens is 1. The molecule has 0 saturated heterocycles. The van der Waals surface area contributed by atoms with Crippen molar-refractivity contribution >= 4 is 28.8 Å². The third-order valence-electron chi connectivity index (χ3n) is 5.58. The van der Waals surface area contributed by atoms with Crippen LogP contribution in [0.3, 0.4) is 0 Å². The molecule has 198 valence electrons. The lowest BCUT2D eigenvalue weighted by molar-refractivity contribution is -0.274.